The zero-order valence-electron chi connectivity index (χ0n) is 12.5. The Kier molecular flexibility index (Phi) is 5.71. The first-order valence-electron chi connectivity index (χ1n) is 7.38. The van der Waals surface area contributed by atoms with Crippen molar-refractivity contribution in [1.29, 1.82) is 0 Å². The summed E-state index contributed by atoms with van der Waals surface area (Å²) in [5.41, 5.74) is 8.14. The predicted molar refractivity (Wildman–Crippen MR) is 93.7 cm³/mol. The van der Waals surface area contributed by atoms with Crippen LogP contribution in [-0.2, 0) is 13.0 Å². The number of aryl methyl sites for hydroxylation is 1. The zero-order chi connectivity index (χ0) is 15.4. The first-order valence-corrected chi connectivity index (χ1v) is 8.55. The average molecular weight is 371 g/mol. The predicted octanol–water partition coefficient (Wildman–Crippen LogP) is 5.30. The molecule has 21 heavy (non-hydrogen) atoms. The molecule has 3 nitrogen and oxygen atoms in total. The van der Waals surface area contributed by atoms with Crippen LogP contribution in [0.2, 0.25) is 5.02 Å². The largest absolute Gasteiger partial charge is 0.383 e. The number of nitrogens with zero attached hydrogens (tertiary/aromatic N) is 2. The molecule has 2 aromatic rings. The molecule has 1 heterocycles. The minimum absolute atomic E-state index is 0.673. The highest BCUT2D eigenvalue weighted by molar-refractivity contribution is 9.10. The number of hydrogen-bond donors (Lipinski definition) is 1. The Morgan fingerprint density at radius 1 is 1.29 bits per heavy atom. The molecule has 0 radical (unpaired) electrons. The SMILES string of the molecule is CCCCn1c(CCC)nc(-c2ccc(Br)c(Cl)c2)c1N. The molecule has 0 bridgehead atoms. The van der Waals surface area contributed by atoms with Gasteiger partial charge < -0.3 is 10.3 Å². The van der Waals surface area contributed by atoms with Crippen molar-refractivity contribution < 1.29 is 0 Å². The van der Waals surface area contributed by atoms with Crippen LogP contribution in [-0.4, -0.2) is 9.55 Å². The van der Waals surface area contributed by atoms with Gasteiger partial charge in [0.25, 0.3) is 0 Å². The molecule has 0 saturated heterocycles. The minimum atomic E-state index is 0.673. The minimum Gasteiger partial charge on any atom is -0.383 e. The van der Waals surface area contributed by atoms with Gasteiger partial charge >= 0.3 is 0 Å². The van der Waals surface area contributed by atoms with E-state index in [-0.39, 0.29) is 0 Å². The quantitative estimate of drug-likeness (QED) is 0.749. The second kappa shape index (κ2) is 7.32. The van der Waals surface area contributed by atoms with Crippen LogP contribution in [0.1, 0.15) is 38.9 Å². The molecule has 5 heteroatoms. The molecule has 1 aromatic heterocycles. The maximum absolute atomic E-state index is 6.34. The van der Waals surface area contributed by atoms with E-state index in [1.165, 1.54) is 0 Å². The number of aromatic nitrogens is 2. The molecule has 1 aromatic carbocycles. The fraction of sp³-hybridized carbons (Fsp3) is 0.438. The number of halogens is 2. The first kappa shape index (κ1) is 16.4. The maximum atomic E-state index is 6.34. The number of nitrogens with two attached hydrogens (primary N) is 1. The molecule has 0 amide bonds. The highest BCUT2D eigenvalue weighted by atomic mass is 79.9. The summed E-state index contributed by atoms with van der Waals surface area (Å²) in [6.07, 6.45) is 4.25. The number of unbranched alkanes of at least 4 members (excludes halogenated alkanes) is 1. The van der Waals surface area contributed by atoms with Crippen molar-refractivity contribution in [1.82, 2.24) is 9.55 Å². The molecule has 0 atom stereocenters. The summed E-state index contributed by atoms with van der Waals surface area (Å²) in [6, 6.07) is 5.83. The van der Waals surface area contributed by atoms with Gasteiger partial charge in [-0.1, -0.05) is 37.9 Å². The van der Waals surface area contributed by atoms with E-state index >= 15 is 0 Å². The maximum Gasteiger partial charge on any atom is 0.131 e. The van der Waals surface area contributed by atoms with Crippen LogP contribution in [0.15, 0.2) is 22.7 Å². The van der Waals surface area contributed by atoms with E-state index in [9.17, 15) is 0 Å². The monoisotopic (exact) mass is 369 g/mol. The summed E-state index contributed by atoms with van der Waals surface area (Å²) in [4.78, 5) is 4.76. The second-order valence-electron chi connectivity index (χ2n) is 5.15. The summed E-state index contributed by atoms with van der Waals surface area (Å²) >= 11 is 9.60. The number of imidazole rings is 1. The van der Waals surface area contributed by atoms with Crippen LogP contribution in [0.3, 0.4) is 0 Å². The van der Waals surface area contributed by atoms with E-state index in [2.05, 4.69) is 34.3 Å². The van der Waals surface area contributed by atoms with Gasteiger partial charge in [-0.15, -0.1) is 0 Å². The lowest BCUT2D eigenvalue weighted by atomic mass is 10.1. The van der Waals surface area contributed by atoms with Crippen LogP contribution >= 0.6 is 27.5 Å². The topological polar surface area (TPSA) is 43.8 Å². The van der Waals surface area contributed by atoms with Gasteiger partial charge in [0.2, 0.25) is 0 Å². The Balaban J connectivity index is 2.45. The molecule has 0 saturated carbocycles. The standard InChI is InChI=1S/C16H21BrClN3/c1-3-5-9-21-14(6-4-2)20-15(16(21)19)11-7-8-12(17)13(18)10-11/h7-8,10H,3-6,9,19H2,1-2H3. The van der Waals surface area contributed by atoms with E-state index < -0.39 is 0 Å². The lowest BCUT2D eigenvalue weighted by Gasteiger charge is -2.08. The summed E-state index contributed by atoms with van der Waals surface area (Å²) in [5, 5.41) is 0.673. The van der Waals surface area contributed by atoms with Gasteiger partial charge in [-0.25, -0.2) is 4.98 Å². The Hall–Kier alpha value is -1.00. The zero-order valence-corrected chi connectivity index (χ0v) is 14.8. The fourth-order valence-corrected chi connectivity index (χ4v) is 2.78. The van der Waals surface area contributed by atoms with Gasteiger partial charge in [0, 0.05) is 23.0 Å². The molecule has 0 aliphatic heterocycles. The van der Waals surface area contributed by atoms with E-state index in [0.717, 1.165) is 59.6 Å². The molecule has 0 aliphatic carbocycles. The Morgan fingerprint density at radius 3 is 2.67 bits per heavy atom. The van der Waals surface area contributed by atoms with E-state index in [1.54, 1.807) is 0 Å². The molecule has 0 aliphatic rings. The van der Waals surface area contributed by atoms with Gasteiger partial charge in [-0.3, -0.25) is 0 Å². The second-order valence-corrected chi connectivity index (χ2v) is 6.41. The Morgan fingerprint density at radius 2 is 2.05 bits per heavy atom. The molecule has 0 fully saturated rings. The first-order chi connectivity index (χ1) is 10.1. The number of benzene rings is 1. The number of nitrogen functional groups attached to an aromatic ring is 1. The van der Waals surface area contributed by atoms with Crippen molar-refractivity contribution in [3.05, 3.63) is 33.5 Å². The van der Waals surface area contributed by atoms with Crippen LogP contribution in [0.25, 0.3) is 11.3 Å². The molecule has 114 valence electrons. The Labute approximate surface area is 139 Å². The van der Waals surface area contributed by atoms with Crippen LogP contribution in [0.4, 0.5) is 5.82 Å². The number of anilines is 1. The third-order valence-electron chi connectivity index (χ3n) is 3.49. The number of hydrogen-bond acceptors (Lipinski definition) is 2. The van der Waals surface area contributed by atoms with Crippen molar-refractivity contribution in [2.24, 2.45) is 0 Å². The highest BCUT2D eigenvalue weighted by Crippen LogP contribution is 2.32. The van der Waals surface area contributed by atoms with Gasteiger partial charge in [0.05, 0.1) is 5.02 Å². The third-order valence-corrected chi connectivity index (χ3v) is 4.72. The smallest absolute Gasteiger partial charge is 0.131 e. The Bertz CT molecular complexity index is 622. The van der Waals surface area contributed by atoms with Crippen molar-refractivity contribution in [3.63, 3.8) is 0 Å². The van der Waals surface area contributed by atoms with Crippen LogP contribution < -0.4 is 5.73 Å². The highest BCUT2D eigenvalue weighted by Gasteiger charge is 2.16. The lowest BCUT2D eigenvalue weighted by molar-refractivity contribution is 0.604. The lowest BCUT2D eigenvalue weighted by Crippen LogP contribution is -2.07. The molecule has 2 rings (SSSR count). The number of rotatable bonds is 6. The summed E-state index contributed by atoms with van der Waals surface area (Å²) < 4.78 is 3.03. The summed E-state index contributed by atoms with van der Waals surface area (Å²) in [7, 11) is 0. The van der Waals surface area contributed by atoms with Crippen molar-refractivity contribution in [3.8, 4) is 11.3 Å². The van der Waals surface area contributed by atoms with Gasteiger partial charge in [0.15, 0.2) is 0 Å². The van der Waals surface area contributed by atoms with Gasteiger partial charge in [0.1, 0.15) is 17.3 Å². The van der Waals surface area contributed by atoms with Crippen molar-refractivity contribution >= 4 is 33.3 Å². The average Bonchev–Trinajstić information content (AvgIpc) is 2.77. The van der Waals surface area contributed by atoms with Crippen LogP contribution in [0, 0.1) is 0 Å². The van der Waals surface area contributed by atoms with Crippen molar-refractivity contribution in [2.45, 2.75) is 46.1 Å². The van der Waals surface area contributed by atoms with Crippen molar-refractivity contribution in [2.75, 3.05) is 5.73 Å². The molecular formula is C16H21BrClN3. The van der Waals surface area contributed by atoms with E-state index in [4.69, 9.17) is 22.3 Å². The third kappa shape index (κ3) is 3.61. The van der Waals surface area contributed by atoms with Gasteiger partial charge in [-0.05, 0) is 40.9 Å². The van der Waals surface area contributed by atoms with Crippen LogP contribution in [0.5, 0.6) is 0 Å². The normalized spacial score (nSPS) is 11.0. The fourth-order valence-electron chi connectivity index (χ4n) is 2.35. The molecule has 0 spiro atoms. The molecule has 2 N–H and O–H groups in total. The molecule has 0 unspecified atom stereocenters. The van der Waals surface area contributed by atoms with E-state index in [0.29, 0.717) is 5.02 Å². The van der Waals surface area contributed by atoms with E-state index in [1.807, 2.05) is 18.2 Å². The van der Waals surface area contributed by atoms with Gasteiger partial charge in [-0.2, -0.15) is 0 Å². The summed E-state index contributed by atoms with van der Waals surface area (Å²) in [5.74, 6) is 1.81. The molecular weight excluding hydrogens is 350 g/mol. The summed E-state index contributed by atoms with van der Waals surface area (Å²) in [6.45, 7) is 5.27.